The Kier molecular flexibility index (Phi) is 4.30. The van der Waals surface area contributed by atoms with Crippen LogP contribution in [0.4, 0.5) is 4.39 Å². The summed E-state index contributed by atoms with van der Waals surface area (Å²) in [6, 6.07) is 9.01. The van der Waals surface area contributed by atoms with Crippen molar-refractivity contribution in [3.63, 3.8) is 0 Å². The first-order valence-electron chi connectivity index (χ1n) is 5.58. The number of aliphatic hydroxyl groups excluding tert-OH is 1. The van der Waals surface area contributed by atoms with E-state index in [9.17, 15) is 9.50 Å². The minimum Gasteiger partial charge on any atom is -0.456 e. The molecule has 19 heavy (non-hydrogen) atoms. The summed E-state index contributed by atoms with van der Waals surface area (Å²) < 4.78 is 18.5. The molecular weight excluding hydrogens is 290 g/mol. The second-order valence-corrected chi connectivity index (χ2v) is 4.86. The van der Waals surface area contributed by atoms with Crippen molar-refractivity contribution in [2.75, 3.05) is 0 Å². The van der Waals surface area contributed by atoms with E-state index in [4.69, 9.17) is 27.9 Å². The number of ether oxygens (including phenoxy) is 1. The van der Waals surface area contributed by atoms with Crippen LogP contribution in [0.1, 0.15) is 18.6 Å². The van der Waals surface area contributed by atoms with E-state index in [1.165, 1.54) is 18.2 Å². The largest absolute Gasteiger partial charge is 0.456 e. The molecule has 2 rings (SSSR count). The van der Waals surface area contributed by atoms with Crippen molar-refractivity contribution in [3.05, 3.63) is 57.8 Å². The zero-order valence-electron chi connectivity index (χ0n) is 10.0. The lowest BCUT2D eigenvalue weighted by Crippen LogP contribution is -1.92. The van der Waals surface area contributed by atoms with Gasteiger partial charge in [0.1, 0.15) is 17.3 Å². The van der Waals surface area contributed by atoms with Crippen molar-refractivity contribution in [1.82, 2.24) is 0 Å². The van der Waals surface area contributed by atoms with Crippen molar-refractivity contribution in [2.24, 2.45) is 0 Å². The van der Waals surface area contributed by atoms with Gasteiger partial charge < -0.3 is 9.84 Å². The summed E-state index contributed by atoms with van der Waals surface area (Å²) in [4.78, 5) is 0. The summed E-state index contributed by atoms with van der Waals surface area (Å²) in [5.74, 6) is 0.288. The van der Waals surface area contributed by atoms with Gasteiger partial charge in [-0.05, 0) is 36.8 Å². The molecule has 0 amide bonds. The molecule has 0 heterocycles. The molecular formula is C14H11Cl2FO2. The summed E-state index contributed by atoms with van der Waals surface area (Å²) in [5, 5.41) is 9.78. The first kappa shape index (κ1) is 14.1. The lowest BCUT2D eigenvalue weighted by Gasteiger charge is -2.10. The van der Waals surface area contributed by atoms with E-state index in [-0.39, 0.29) is 5.02 Å². The van der Waals surface area contributed by atoms with Gasteiger partial charge in [0.25, 0.3) is 0 Å². The molecule has 0 aliphatic rings. The maximum absolute atomic E-state index is 13.0. The lowest BCUT2D eigenvalue weighted by atomic mass is 10.1. The van der Waals surface area contributed by atoms with Crippen molar-refractivity contribution in [1.29, 1.82) is 0 Å². The molecule has 2 nitrogen and oxygen atoms in total. The fourth-order valence-electron chi connectivity index (χ4n) is 1.53. The third-order valence-corrected chi connectivity index (χ3v) is 3.14. The summed E-state index contributed by atoms with van der Waals surface area (Å²) in [5.41, 5.74) is 0.689. The molecule has 0 fully saturated rings. The van der Waals surface area contributed by atoms with E-state index in [1.54, 1.807) is 25.1 Å². The first-order chi connectivity index (χ1) is 8.97. The second-order valence-electron chi connectivity index (χ2n) is 4.04. The highest BCUT2D eigenvalue weighted by Gasteiger charge is 2.08. The molecule has 5 heteroatoms. The Bertz CT molecular complexity index is 600. The lowest BCUT2D eigenvalue weighted by molar-refractivity contribution is 0.199. The molecule has 0 saturated heterocycles. The number of aliphatic hydroxyl groups is 1. The van der Waals surface area contributed by atoms with Crippen molar-refractivity contribution in [2.45, 2.75) is 13.0 Å². The Morgan fingerprint density at radius 1 is 1.11 bits per heavy atom. The minimum absolute atomic E-state index is 0.0192. The van der Waals surface area contributed by atoms with Crippen LogP contribution in [0.3, 0.4) is 0 Å². The molecule has 0 unspecified atom stereocenters. The Morgan fingerprint density at radius 2 is 1.84 bits per heavy atom. The van der Waals surface area contributed by atoms with Gasteiger partial charge in [-0.3, -0.25) is 0 Å². The van der Waals surface area contributed by atoms with Crippen LogP contribution < -0.4 is 4.74 Å². The van der Waals surface area contributed by atoms with Gasteiger partial charge in [-0.15, -0.1) is 0 Å². The highest BCUT2D eigenvalue weighted by Crippen LogP contribution is 2.32. The summed E-state index contributed by atoms with van der Waals surface area (Å²) in [6.45, 7) is 1.64. The summed E-state index contributed by atoms with van der Waals surface area (Å²) >= 11 is 11.7. The van der Waals surface area contributed by atoms with Gasteiger partial charge in [-0.1, -0.05) is 29.3 Å². The molecule has 0 radical (unpaired) electrons. The average molecular weight is 301 g/mol. The SMILES string of the molecule is C[C@H](O)c1ccc(Oc2ccc(F)c(Cl)c2)c(Cl)c1. The normalized spacial score (nSPS) is 12.3. The van der Waals surface area contributed by atoms with E-state index in [0.717, 1.165) is 0 Å². The molecule has 2 aromatic carbocycles. The number of benzene rings is 2. The van der Waals surface area contributed by atoms with Crippen LogP contribution in [0.15, 0.2) is 36.4 Å². The molecule has 0 aromatic heterocycles. The molecule has 0 spiro atoms. The minimum atomic E-state index is -0.605. The van der Waals surface area contributed by atoms with Gasteiger partial charge >= 0.3 is 0 Å². The monoisotopic (exact) mass is 300 g/mol. The molecule has 0 aliphatic heterocycles. The zero-order valence-corrected chi connectivity index (χ0v) is 11.5. The van der Waals surface area contributed by atoms with E-state index in [2.05, 4.69) is 0 Å². The Hall–Kier alpha value is -1.29. The molecule has 1 N–H and O–H groups in total. The van der Waals surface area contributed by atoms with Crippen molar-refractivity contribution in [3.8, 4) is 11.5 Å². The first-order valence-corrected chi connectivity index (χ1v) is 6.33. The maximum atomic E-state index is 13.0. The third kappa shape index (κ3) is 3.38. The second kappa shape index (κ2) is 5.78. The number of halogens is 3. The zero-order chi connectivity index (χ0) is 14.0. The maximum Gasteiger partial charge on any atom is 0.146 e. The van der Waals surface area contributed by atoms with E-state index < -0.39 is 11.9 Å². The summed E-state index contributed by atoms with van der Waals surface area (Å²) in [7, 11) is 0. The Morgan fingerprint density at radius 3 is 2.42 bits per heavy atom. The van der Waals surface area contributed by atoms with Gasteiger partial charge in [0.2, 0.25) is 0 Å². The average Bonchev–Trinajstić information content (AvgIpc) is 2.36. The van der Waals surface area contributed by atoms with Gasteiger partial charge in [0.15, 0.2) is 0 Å². The standard InChI is InChI=1S/C14H11Cl2FO2/c1-8(18)9-2-5-14(12(16)6-9)19-10-3-4-13(17)11(15)7-10/h2-8,18H,1H3/t8-/m0/s1. The van der Waals surface area contributed by atoms with Crippen LogP contribution in [0.25, 0.3) is 0 Å². The van der Waals surface area contributed by atoms with Gasteiger partial charge in [0.05, 0.1) is 16.1 Å². The topological polar surface area (TPSA) is 29.5 Å². The summed E-state index contributed by atoms with van der Waals surface area (Å²) in [6.07, 6.45) is -0.605. The van der Waals surface area contributed by atoms with E-state index in [1.807, 2.05) is 0 Å². The fourth-order valence-corrected chi connectivity index (χ4v) is 1.93. The molecule has 0 bridgehead atoms. The van der Waals surface area contributed by atoms with Crippen LogP contribution >= 0.6 is 23.2 Å². The number of hydrogen-bond acceptors (Lipinski definition) is 2. The molecule has 100 valence electrons. The highest BCUT2D eigenvalue weighted by atomic mass is 35.5. The quantitative estimate of drug-likeness (QED) is 0.866. The molecule has 2 aromatic rings. The smallest absolute Gasteiger partial charge is 0.146 e. The van der Waals surface area contributed by atoms with Gasteiger partial charge in [0, 0.05) is 6.07 Å². The highest BCUT2D eigenvalue weighted by molar-refractivity contribution is 6.32. The van der Waals surface area contributed by atoms with Crippen LogP contribution in [0.5, 0.6) is 11.5 Å². The van der Waals surface area contributed by atoms with E-state index >= 15 is 0 Å². The van der Waals surface area contributed by atoms with Crippen molar-refractivity contribution >= 4 is 23.2 Å². The van der Waals surface area contributed by atoms with Crippen molar-refractivity contribution < 1.29 is 14.2 Å². The molecule has 0 aliphatic carbocycles. The van der Waals surface area contributed by atoms with Gasteiger partial charge in [-0.25, -0.2) is 4.39 Å². The van der Waals surface area contributed by atoms with Crippen LogP contribution in [0.2, 0.25) is 10.0 Å². The van der Waals surface area contributed by atoms with Gasteiger partial charge in [-0.2, -0.15) is 0 Å². The number of rotatable bonds is 3. The predicted molar refractivity (Wildman–Crippen MR) is 73.6 cm³/mol. The van der Waals surface area contributed by atoms with Crippen LogP contribution in [-0.2, 0) is 0 Å². The third-order valence-electron chi connectivity index (χ3n) is 2.56. The Labute approximate surface area is 120 Å². The van der Waals surface area contributed by atoms with Crippen LogP contribution in [0, 0.1) is 5.82 Å². The predicted octanol–water partition coefficient (Wildman–Crippen LogP) is 4.98. The van der Waals surface area contributed by atoms with E-state index in [0.29, 0.717) is 22.1 Å². The number of hydrogen-bond donors (Lipinski definition) is 1. The fraction of sp³-hybridized carbons (Fsp3) is 0.143. The molecule has 0 saturated carbocycles. The Balaban J connectivity index is 2.25. The van der Waals surface area contributed by atoms with Crippen LogP contribution in [-0.4, -0.2) is 5.11 Å². The molecule has 1 atom stereocenters.